The molecule has 21 heavy (non-hydrogen) atoms. The normalized spacial score (nSPS) is 26.8. The van der Waals surface area contributed by atoms with Gasteiger partial charge in [-0.15, -0.1) is 0 Å². The van der Waals surface area contributed by atoms with Crippen LogP contribution in [0.2, 0.25) is 0 Å². The van der Waals surface area contributed by atoms with Gasteiger partial charge in [-0.25, -0.2) is 0 Å². The standard InChI is InChI=1S/C18H31N3/c1-3-6-16-7-4-10-18(15-19,11-9-16)21(2)14-17-8-5-12-20-13-17/h5,8,12-13,16H,3-4,6-7,9-11,14-15,19H2,1-2H3. The molecule has 0 radical (unpaired) electrons. The second-order valence-corrected chi connectivity index (χ2v) is 6.73. The SMILES string of the molecule is CCCC1CCCC(CN)(N(C)Cc2cccnc2)CC1. The topological polar surface area (TPSA) is 42.1 Å². The summed E-state index contributed by atoms with van der Waals surface area (Å²) in [6, 6.07) is 4.17. The molecule has 0 spiro atoms. The predicted molar refractivity (Wildman–Crippen MR) is 89.0 cm³/mol. The zero-order valence-electron chi connectivity index (χ0n) is 13.7. The molecule has 3 nitrogen and oxygen atoms in total. The van der Waals surface area contributed by atoms with Gasteiger partial charge in [-0.1, -0.05) is 38.7 Å². The molecule has 0 amide bonds. The highest BCUT2D eigenvalue weighted by atomic mass is 15.2. The molecule has 1 aromatic rings. The highest BCUT2D eigenvalue weighted by Crippen LogP contribution is 2.35. The van der Waals surface area contributed by atoms with Crippen molar-refractivity contribution in [2.75, 3.05) is 13.6 Å². The van der Waals surface area contributed by atoms with E-state index in [1.54, 1.807) is 0 Å². The Morgan fingerprint density at radius 2 is 2.24 bits per heavy atom. The summed E-state index contributed by atoms with van der Waals surface area (Å²) in [7, 11) is 2.24. The molecule has 3 heteroatoms. The minimum atomic E-state index is 0.179. The summed E-state index contributed by atoms with van der Waals surface area (Å²) in [5, 5.41) is 0. The van der Waals surface area contributed by atoms with E-state index in [-0.39, 0.29) is 5.54 Å². The molecule has 2 rings (SSSR count). The van der Waals surface area contributed by atoms with Gasteiger partial charge in [-0.05, 0) is 43.9 Å². The lowest BCUT2D eigenvalue weighted by atomic mass is 9.87. The summed E-state index contributed by atoms with van der Waals surface area (Å²) in [6.07, 6.45) is 13.0. The largest absolute Gasteiger partial charge is 0.329 e. The number of rotatable bonds is 6. The van der Waals surface area contributed by atoms with E-state index in [9.17, 15) is 0 Å². The van der Waals surface area contributed by atoms with Crippen LogP contribution in [0.4, 0.5) is 0 Å². The maximum absolute atomic E-state index is 6.22. The molecule has 1 saturated carbocycles. The van der Waals surface area contributed by atoms with E-state index in [1.165, 1.54) is 50.5 Å². The Hall–Kier alpha value is -0.930. The Balaban J connectivity index is 2.02. The van der Waals surface area contributed by atoms with Gasteiger partial charge >= 0.3 is 0 Å². The molecule has 1 aromatic heterocycles. The smallest absolute Gasteiger partial charge is 0.0332 e. The van der Waals surface area contributed by atoms with Crippen LogP contribution in [0, 0.1) is 5.92 Å². The van der Waals surface area contributed by atoms with E-state index in [4.69, 9.17) is 5.73 Å². The first kappa shape index (κ1) is 16.4. The molecule has 2 unspecified atom stereocenters. The number of pyridine rings is 1. The summed E-state index contributed by atoms with van der Waals surface area (Å²) < 4.78 is 0. The fraction of sp³-hybridized carbons (Fsp3) is 0.722. The first-order chi connectivity index (χ1) is 10.2. The lowest BCUT2D eigenvalue weighted by molar-refractivity contribution is 0.0982. The number of aromatic nitrogens is 1. The van der Waals surface area contributed by atoms with Gasteiger partial charge in [0, 0.05) is 31.0 Å². The van der Waals surface area contributed by atoms with Crippen molar-refractivity contribution >= 4 is 0 Å². The highest BCUT2D eigenvalue weighted by molar-refractivity contribution is 5.09. The third-order valence-corrected chi connectivity index (χ3v) is 5.30. The van der Waals surface area contributed by atoms with Crippen LogP contribution in [0.15, 0.2) is 24.5 Å². The van der Waals surface area contributed by atoms with Gasteiger partial charge in [0.05, 0.1) is 0 Å². The van der Waals surface area contributed by atoms with Crippen molar-refractivity contribution in [2.24, 2.45) is 11.7 Å². The molecular formula is C18H31N3. The van der Waals surface area contributed by atoms with Crippen LogP contribution in [0.3, 0.4) is 0 Å². The molecule has 2 N–H and O–H groups in total. The molecule has 0 bridgehead atoms. The zero-order chi connectivity index (χ0) is 15.1. The van der Waals surface area contributed by atoms with Gasteiger partial charge in [-0.2, -0.15) is 0 Å². The maximum Gasteiger partial charge on any atom is 0.0332 e. The molecule has 1 aliphatic carbocycles. The first-order valence-electron chi connectivity index (χ1n) is 8.50. The molecule has 118 valence electrons. The van der Waals surface area contributed by atoms with Crippen LogP contribution in [-0.2, 0) is 6.54 Å². The van der Waals surface area contributed by atoms with Crippen molar-refractivity contribution in [3.05, 3.63) is 30.1 Å². The molecule has 1 aliphatic rings. The summed E-state index contributed by atoms with van der Waals surface area (Å²) in [5.74, 6) is 0.912. The zero-order valence-corrected chi connectivity index (χ0v) is 13.7. The second kappa shape index (κ2) is 7.90. The summed E-state index contributed by atoms with van der Waals surface area (Å²) in [6.45, 7) is 4.02. The molecule has 0 aliphatic heterocycles. The van der Waals surface area contributed by atoms with Gasteiger partial charge in [0.2, 0.25) is 0 Å². The summed E-state index contributed by atoms with van der Waals surface area (Å²) in [5.41, 5.74) is 7.68. The fourth-order valence-electron chi connectivity index (χ4n) is 3.83. The Bertz CT molecular complexity index is 406. The van der Waals surface area contributed by atoms with Crippen LogP contribution >= 0.6 is 0 Å². The number of nitrogens with two attached hydrogens (primary N) is 1. The molecular weight excluding hydrogens is 258 g/mol. The Labute approximate surface area is 129 Å². The number of nitrogens with zero attached hydrogens (tertiary/aromatic N) is 2. The summed E-state index contributed by atoms with van der Waals surface area (Å²) in [4.78, 5) is 6.71. The van der Waals surface area contributed by atoms with Crippen LogP contribution in [0.25, 0.3) is 0 Å². The van der Waals surface area contributed by atoms with Crippen LogP contribution in [0.1, 0.15) is 57.4 Å². The van der Waals surface area contributed by atoms with Crippen LogP contribution in [-0.4, -0.2) is 29.0 Å². The van der Waals surface area contributed by atoms with Crippen molar-refractivity contribution < 1.29 is 0 Å². The molecule has 0 saturated heterocycles. The molecule has 2 atom stereocenters. The third kappa shape index (κ3) is 4.27. The van der Waals surface area contributed by atoms with E-state index in [2.05, 4.69) is 29.9 Å². The lowest BCUT2D eigenvalue weighted by Gasteiger charge is -2.41. The number of hydrogen-bond acceptors (Lipinski definition) is 3. The molecule has 1 fully saturated rings. The van der Waals surface area contributed by atoms with Gasteiger partial charge < -0.3 is 5.73 Å². The van der Waals surface area contributed by atoms with Crippen molar-refractivity contribution in [1.82, 2.24) is 9.88 Å². The second-order valence-electron chi connectivity index (χ2n) is 6.73. The Morgan fingerprint density at radius 3 is 2.90 bits per heavy atom. The summed E-state index contributed by atoms with van der Waals surface area (Å²) >= 11 is 0. The fourth-order valence-corrected chi connectivity index (χ4v) is 3.83. The van der Waals surface area contributed by atoms with Gasteiger partial charge in [0.1, 0.15) is 0 Å². The van der Waals surface area contributed by atoms with Crippen molar-refractivity contribution in [2.45, 2.75) is 64.0 Å². The van der Waals surface area contributed by atoms with E-state index in [0.29, 0.717) is 0 Å². The third-order valence-electron chi connectivity index (χ3n) is 5.30. The van der Waals surface area contributed by atoms with E-state index in [1.807, 2.05) is 18.5 Å². The van der Waals surface area contributed by atoms with E-state index < -0.39 is 0 Å². The van der Waals surface area contributed by atoms with Gasteiger partial charge in [0.25, 0.3) is 0 Å². The highest BCUT2D eigenvalue weighted by Gasteiger charge is 2.35. The average Bonchev–Trinajstić information content (AvgIpc) is 2.72. The van der Waals surface area contributed by atoms with Crippen LogP contribution in [0.5, 0.6) is 0 Å². The van der Waals surface area contributed by atoms with Crippen LogP contribution < -0.4 is 5.73 Å². The predicted octanol–water partition coefficient (Wildman–Crippen LogP) is 3.59. The lowest BCUT2D eigenvalue weighted by Crippen LogP contribution is -2.51. The van der Waals surface area contributed by atoms with Gasteiger partial charge in [0.15, 0.2) is 0 Å². The quantitative estimate of drug-likeness (QED) is 0.814. The average molecular weight is 289 g/mol. The Morgan fingerprint density at radius 1 is 1.38 bits per heavy atom. The van der Waals surface area contributed by atoms with Gasteiger partial charge in [-0.3, -0.25) is 9.88 Å². The minimum Gasteiger partial charge on any atom is -0.329 e. The number of hydrogen-bond donors (Lipinski definition) is 1. The van der Waals surface area contributed by atoms with Crippen molar-refractivity contribution in [3.8, 4) is 0 Å². The minimum absolute atomic E-state index is 0.179. The van der Waals surface area contributed by atoms with Crippen molar-refractivity contribution in [1.29, 1.82) is 0 Å². The van der Waals surface area contributed by atoms with Crippen molar-refractivity contribution in [3.63, 3.8) is 0 Å². The first-order valence-corrected chi connectivity index (χ1v) is 8.50. The Kier molecular flexibility index (Phi) is 6.19. The number of likely N-dealkylation sites (N-methyl/N-ethyl adjacent to an activating group) is 1. The maximum atomic E-state index is 6.22. The molecule has 0 aromatic carbocycles. The molecule has 1 heterocycles. The van der Waals surface area contributed by atoms with E-state index in [0.717, 1.165) is 19.0 Å². The monoisotopic (exact) mass is 289 g/mol. The van der Waals surface area contributed by atoms with E-state index >= 15 is 0 Å².